The number of carbonyl (C=O) groups excluding carboxylic acids is 1. The van der Waals surface area contributed by atoms with Crippen molar-refractivity contribution in [2.45, 2.75) is 6.92 Å². The van der Waals surface area contributed by atoms with E-state index in [0.29, 0.717) is 32.0 Å². The minimum absolute atomic E-state index is 0.239. The maximum atomic E-state index is 12.2. The number of nitrogens with zero attached hydrogens (tertiary/aromatic N) is 1. The van der Waals surface area contributed by atoms with Crippen molar-refractivity contribution in [1.29, 1.82) is 0 Å². The van der Waals surface area contributed by atoms with E-state index in [1.165, 1.54) is 0 Å². The molecule has 3 rings (SSSR count). The average molecular weight is 340 g/mol. The van der Waals surface area contributed by atoms with Crippen LogP contribution < -0.4 is 5.32 Å². The predicted octanol–water partition coefficient (Wildman–Crippen LogP) is 5.03. The Labute approximate surface area is 136 Å². The summed E-state index contributed by atoms with van der Waals surface area (Å²) in [6, 6.07) is 8.48. The monoisotopic (exact) mass is 338 g/mol. The van der Waals surface area contributed by atoms with Crippen molar-refractivity contribution in [3.63, 3.8) is 0 Å². The normalized spacial score (nSPS) is 15.2. The smallest absolute Gasteiger partial charge is 0.275 e. The second-order valence-corrected chi connectivity index (χ2v) is 5.88. The minimum atomic E-state index is -0.308. The first-order valence-electron chi connectivity index (χ1n) is 6.12. The van der Waals surface area contributed by atoms with E-state index in [1.807, 2.05) is 13.0 Å². The lowest BCUT2D eigenvalue weighted by Crippen LogP contribution is -2.14. The molecule has 2 aromatic carbocycles. The van der Waals surface area contributed by atoms with Crippen LogP contribution in [0.4, 0.5) is 11.4 Å². The first-order chi connectivity index (χ1) is 9.97. The molecule has 0 fully saturated rings. The molecule has 0 radical (unpaired) electrons. The second kappa shape index (κ2) is 5.34. The number of halogens is 3. The van der Waals surface area contributed by atoms with Crippen LogP contribution in [0.2, 0.25) is 15.1 Å². The molecule has 2 aromatic rings. The topological polar surface area (TPSA) is 41.5 Å². The van der Waals surface area contributed by atoms with Crippen LogP contribution in [0.3, 0.4) is 0 Å². The van der Waals surface area contributed by atoms with Gasteiger partial charge in [-0.05, 0) is 36.8 Å². The predicted molar refractivity (Wildman–Crippen MR) is 87.5 cm³/mol. The number of benzene rings is 2. The number of fused-ring (bicyclic) bond motifs is 1. The van der Waals surface area contributed by atoms with E-state index in [2.05, 4.69) is 10.3 Å². The zero-order valence-electron chi connectivity index (χ0n) is 10.9. The van der Waals surface area contributed by atoms with E-state index in [-0.39, 0.29) is 11.6 Å². The number of aryl methyl sites for hydroxylation is 1. The Morgan fingerprint density at radius 3 is 2.52 bits per heavy atom. The Morgan fingerprint density at radius 2 is 1.76 bits per heavy atom. The highest BCUT2D eigenvalue weighted by Crippen LogP contribution is 2.36. The third-order valence-electron chi connectivity index (χ3n) is 3.19. The number of aliphatic imine (C=N–C) groups is 1. The van der Waals surface area contributed by atoms with E-state index in [4.69, 9.17) is 34.8 Å². The number of hydrogen-bond acceptors (Lipinski definition) is 2. The van der Waals surface area contributed by atoms with Gasteiger partial charge in [0.2, 0.25) is 0 Å². The van der Waals surface area contributed by atoms with Crippen LogP contribution in [-0.2, 0) is 4.79 Å². The van der Waals surface area contributed by atoms with E-state index in [1.54, 1.807) is 24.3 Å². The van der Waals surface area contributed by atoms with Crippen molar-refractivity contribution >= 4 is 57.8 Å². The van der Waals surface area contributed by atoms with Gasteiger partial charge >= 0.3 is 0 Å². The highest BCUT2D eigenvalue weighted by Gasteiger charge is 2.30. The van der Waals surface area contributed by atoms with E-state index < -0.39 is 0 Å². The molecule has 3 nitrogen and oxygen atoms in total. The molecule has 1 N–H and O–H groups in total. The summed E-state index contributed by atoms with van der Waals surface area (Å²) in [7, 11) is 0. The van der Waals surface area contributed by atoms with E-state index in [9.17, 15) is 4.79 Å². The van der Waals surface area contributed by atoms with Crippen molar-refractivity contribution in [3.05, 3.63) is 56.5 Å². The molecule has 1 aliphatic heterocycles. The summed E-state index contributed by atoms with van der Waals surface area (Å²) in [6.07, 6.45) is 0. The van der Waals surface area contributed by atoms with Gasteiger partial charge in [0.1, 0.15) is 5.71 Å². The number of nitrogens with one attached hydrogen (secondary N) is 1. The molecular formula is C15H9Cl3N2O. The third-order valence-corrected chi connectivity index (χ3v) is 4.06. The van der Waals surface area contributed by atoms with Gasteiger partial charge in [0.15, 0.2) is 0 Å². The Morgan fingerprint density at radius 1 is 1.05 bits per heavy atom. The van der Waals surface area contributed by atoms with Crippen LogP contribution in [0.25, 0.3) is 0 Å². The van der Waals surface area contributed by atoms with E-state index >= 15 is 0 Å². The molecule has 0 saturated heterocycles. The first kappa shape index (κ1) is 14.4. The molecule has 0 saturated carbocycles. The number of rotatable bonds is 1. The molecule has 0 unspecified atom stereocenters. The molecule has 0 bridgehead atoms. The third kappa shape index (κ3) is 2.53. The summed E-state index contributed by atoms with van der Waals surface area (Å²) < 4.78 is 0. The lowest BCUT2D eigenvalue weighted by molar-refractivity contribution is -0.110. The molecule has 1 amide bonds. The fourth-order valence-electron chi connectivity index (χ4n) is 2.16. The molecule has 0 atom stereocenters. The summed E-state index contributed by atoms with van der Waals surface area (Å²) in [5, 5.41) is 4.15. The van der Waals surface area contributed by atoms with Gasteiger partial charge in [-0.25, -0.2) is 4.99 Å². The molecule has 0 aliphatic carbocycles. The molecule has 1 aliphatic rings. The van der Waals surface area contributed by atoms with Crippen molar-refractivity contribution in [2.24, 2.45) is 4.99 Å². The fourth-order valence-corrected chi connectivity index (χ4v) is 2.73. The van der Waals surface area contributed by atoms with Gasteiger partial charge in [0, 0.05) is 10.6 Å². The van der Waals surface area contributed by atoms with Gasteiger partial charge in [0.05, 0.1) is 21.4 Å². The summed E-state index contributed by atoms with van der Waals surface area (Å²) >= 11 is 18.2. The molecule has 0 spiro atoms. The van der Waals surface area contributed by atoms with Crippen LogP contribution in [-0.4, -0.2) is 11.6 Å². The maximum Gasteiger partial charge on any atom is 0.275 e. The Bertz CT molecular complexity index is 800. The van der Waals surface area contributed by atoms with E-state index in [0.717, 1.165) is 5.56 Å². The molecular weight excluding hydrogens is 331 g/mol. The van der Waals surface area contributed by atoms with Gasteiger partial charge in [-0.3, -0.25) is 4.79 Å². The van der Waals surface area contributed by atoms with Crippen LogP contribution in [0, 0.1) is 6.92 Å². The van der Waals surface area contributed by atoms with Crippen LogP contribution >= 0.6 is 34.8 Å². The number of carbonyl (C=O) groups is 1. The number of anilines is 1. The van der Waals surface area contributed by atoms with Gasteiger partial charge in [-0.2, -0.15) is 0 Å². The van der Waals surface area contributed by atoms with Crippen molar-refractivity contribution in [1.82, 2.24) is 0 Å². The highest BCUT2D eigenvalue weighted by molar-refractivity contribution is 6.57. The zero-order chi connectivity index (χ0) is 15.1. The SMILES string of the molecule is Cc1ccc(Cl)c2c1NC(=O)C2=Nc1cc(Cl)ccc1Cl. The van der Waals surface area contributed by atoms with Crippen LogP contribution in [0.1, 0.15) is 11.1 Å². The van der Waals surface area contributed by atoms with Crippen molar-refractivity contribution in [3.8, 4) is 0 Å². The summed E-state index contributed by atoms with van der Waals surface area (Å²) in [5.74, 6) is -0.308. The second-order valence-electron chi connectivity index (χ2n) is 4.62. The molecule has 6 heteroatoms. The van der Waals surface area contributed by atoms with Gasteiger partial charge < -0.3 is 5.32 Å². The molecule has 0 aromatic heterocycles. The minimum Gasteiger partial charge on any atom is -0.320 e. The Kier molecular flexibility index (Phi) is 3.66. The standard InChI is InChI=1S/C15H9Cl3N2O/c1-7-2-4-10(18)12-13(7)20-15(21)14(12)19-11-6-8(16)3-5-9(11)17/h2-6H,1H3,(H,19,20,21). The fraction of sp³-hybridized carbons (Fsp3) is 0.0667. The van der Waals surface area contributed by atoms with Gasteiger partial charge in [-0.15, -0.1) is 0 Å². The van der Waals surface area contributed by atoms with Crippen LogP contribution in [0.15, 0.2) is 35.3 Å². The Hall–Kier alpha value is -1.55. The summed E-state index contributed by atoms with van der Waals surface area (Å²) in [6.45, 7) is 1.89. The van der Waals surface area contributed by atoms with Crippen molar-refractivity contribution < 1.29 is 4.79 Å². The maximum absolute atomic E-state index is 12.2. The lowest BCUT2D eigenvalue weighted by atomic mass is 10.1. The molecule has 106 valence electrons. The number of amides is 1. The zero-order valence-corrected chi connectivity index (χ0v) is 13.1. The quantitative estimate of drug-likeness (QED) is 0.778. The number of hydrogen-bond donors (Lipinski definition) is 1. The largest absolute Gasteiger partial charge is 0.320 e. The molecule has 21 heavy (non-hydrogen) atoms. The summed E-state index contributed by atoms with van der Waals surface area (Å²) in [5.41, 5.74) is 2.87. The van der Waals surface area contributed by atoms with Gasteiger partial charge in [0.25, 0.3) is 5.91 Å². The first-order valence-corrected chi connectivity index (χ1v) is 7.25. The van der Waals surface area contributed by atoms with Crippen LogP contribution in [0.5, 0.6) is 0 Å². The lowest BCUT2D eigenvalue weighted by Gasteiger charge is -2.05. The summed E-state index contributed by atoms with van der Waals surface area (Å²) in [4.78, 5) is 16.5. The van der Waals surface area contributed by atoms with Crippen molar-refractivity contribution in [2.75, 3.05) is 5.32 Å². The average Bonchev–Trinajstić information content (AvgIpc) is 2.77. The highest BCUT2D eigenvalue weighted by atomic mass is 35.5. The Balaban J connectivity index is 2.21. The van der Waals surface area contributed by atoms with Gasteiger partial charge in [-0.1, -0.05) is 40.9 Å². The molecule has 1 heterocycles.